The van der Waals surface area contributed by atoms with E-state index in [9.17, 15) is 19.8 Å². The number of nitrogens with one attached hydrogen (secondary N) is 1. The van der Waals surface area contributed by atoms with E-state index in [1.807, 2.05) is 13.8 Å². The molecule has 1 fully saturated rings. The number of aromatic nitrogens is 1. The summed E-state index contributed by atoms with van der Waals surface area (Å²) in [6, 6.07) is 3.11. The van der Waals surface area contributed by atoms with Crippen LogP contribution in [-0.2, 0) is 27.3 Å². The monoisotopic (exact) mass is 447 g/mol. The minimum Gasteiger partial charge on any atom is -0.480 e. The molecule has 178 valence electrons. The van der Waals surface area contributed by atoms with Gasteiger partial charge in [0.2, 0.25) is 0 Å². The minimum atomic E-state index is -1.08. The van der Waals surface area contributed by atoms with Crippen molar-refractivity contribution in [1.29, 1.82) is 0 Å². The summed E-state index contributed by atoms with van der Waals surface area (Å²) in [5, 5.41) is 23.7. The number of fused-ring (bicyclic) bond motifs is 1. The number of nitrogens with zero attached hydrogens (tertiary/aromatic N) is 2. The van der Waals surface area contributed by atoms with Crippen molar-refractivity contribution >= 4 is 17.8 Å². The van der Waals surface area contributed by atoms with E-state index >= 15 is 0 Å². The van der Waals surface area contributed by atoms with Crippen molar-refractivity contribution in [2.45, 2.75) is 83.7 Å². The number of carbonyl (C=O) groups is 2. The highest BCUT2D eigenvalue weighted by molar-refractivity contribution is 5.75. The quantitative estimate of drug-likeness (QED) is 0.419. The normalized spacial score (nSPS) is 20.9. The van der Waals surface area contributed by atoms with E-state index in [0.717, 1.165) is 56.6 Å². The Labute approximate surface area is 190 Å². The zero-order chi connectivity index (χ0) is 23.1. The first-order valence-corrected chi connectivity index (χ1v) is 12.0. The van der Waals surface area contributed by atoms with Crippen LogP contribution >= 0.6 is 0 Å². The second kappa shape index (κ2) is 11.6. The zero-order valence-electron chi connectivity index (χ0n) is 19.3. The summed E-state index contributed by atoms with van der Waals surface area (Å²) in [5.41, 5.74) is 2.35. The van der Waals surface area contributed by atoms with Crippen LogP contribution in [0.15, 0.2) is 12.1 Å². The summed E-state index contributed by atoms with van der Waals surface area (Å²) >= 11 is 0. The Hall–Kier alpha value is -2.19. The lowest BCUT2D eigenvalue weighted by Crippen LogP contribution is -2.54. The summed E-state index contributed by atoms with van der Waals surface area (Å²) < 4.78 is 0. The third-order valence-electron chi connectivity index (χ3n) is 6.84. The minimum absolute atomic E-state index is 0.0265. The number of aryl methyl sites for hydroxylation is 2. The molecule has 3 rings (SSSR count). The van der Waals surface area contributed by atoms with Crippen molar-refractivity contribution in [2.24, 2.45) is 11.8 Å². The Morgan fingerprint density at radius 2 is 2.03 bits per heavy atom. The molecular formula is C24H37N3O5. The second-order valence-corrected chi connectivity index (χ2v) is 9.02. The van der Waals surface area contributed by atoms with Gasteiger partial charge in [0.25, 0.3) is 0 Å². The highest BCUT2D eigenvalue weighted by Gasteiger charge is 2.42. The molecule has 1 aromatic rings. The third-order valence-corrected chi connectivity index (χ3v) is 6.84. The molecule has 8 heteroatoms. The smallest absolute Gasteiger partial charge is 0.328 e. The number of hydrogen-bond donors (Lipinski definition) is 3. The van der Waals surface area contributed by atoms with Crippen LogP contribution in [0.3, 0.4) is 0 Å². The van der Waals surface area contributed by atoms with Crippen LogP contribution in [0.4, 0.5) is 5.82 Å². The van der Waals surface area contributed by atoms with Crippen molar-refractivity contribution in [3.63, 3.8) is 0 Å². The number of pyridine rings is 1. The third kappa shape index (κ3) is 5.98. The van der Waals surface area contributed by atoms with Gasteiger partial charge in [0.05, 0.1) is 5.92 Å². The van der Waals surface area contributed by atoms with E-state index in [0.29, 0.717) is 18.8 Å². The lowest BCUT2D eigenvalue weighted by Gasteiger charge is -2.43. The van der Waals surface area contributed by atoms with Gasteiger partial charge in [-0.25, -0.2) is 4.98 Å². The number of aliphatic hydroxyl groups is 1. The number of rotatable bonds is 12. The fourth-order valence-corrected chi connectivity index (χ4v) is 4.68. The van der Waals surface area contributed by atoms with Crippen LogP contribution in [-0.4, -0.2) is 57.4 Å². The topological polar surface area (TPSA) is 112 Å². The number of carboxylic acid groups (broad SMARTS) is 1. The molecule has 0 spiro atoms. The molecule has 3 N–H and O–H groups in total. The Morgan fingerprint density at radius 1 is 1.28 bits per heavy atom. The fourth-order valence-electron chi connectivity index (χ4n) is 4.68. The van der Waals surface area contributed by atoms with Gasteiger partial charge in [-0.05, 0) is 75.3 Å². The molecule has 2 aliphatic rings. The van der Waals surface area contributed by atoms with Crippen LogP contribution in [0.2, 0.25) is 0 Å². The van der Waals surface area contributed by atoms with Gasteiger partial charge in [0, 0.05) is 24.9 Å². The van der Waals surface area contributed by atoms with Crippen LogP contribution < -0.4 is 5.32 Å². The number of aliphatic hydroxyl groups excluding tert-OH is 1. The van der Waals surface area contributed by atoms with Gasteiger partial charge >= 0.3 is 11.9 Å². The first-order chi connectivity index (χ1) is 15.5. The molecule has 0 aromatic carbocycles. The lowest BCUT2D eigenvalue weighted by molar-refractivity contribution is -0.237. The van der Waals surface area contributed by atoms with E-state index < -0.39 is 12.0 Å². The van der Waals surface area contributed by atoms with Gasteiger partial charge < -0.3 is 20.4 Å². The Balaban J connectivity index is 1.57. The number of hydroxylamine groups is 2. The zero-order valence-corrected chi connectivity index (χ0v) is 19.3. The lowest BCUT2D eigenvalue weighted by atomic mass is 9.76. The molecule has 0 amide bonds. The number of aliphatic carboxylic acids is 1. The van der Waals surface area contributed by atoms with Crippen LogP contribution in [0.5, 0.6) is 0 Å². The first-order valence-electron chi connectivity index (χ1n) is 12.0. The average Bonchev–Trinajstić information content (AvgIpc) is 2.76. The van der Waals surface area contributed by atoms with Crippen LogP contribution in [0.1, 0.15) is 70.1 Å². The largest absolute Gasteiger partial charge is 0.480 e. The highest BCUT2D eigenvalue weighted by Crippen LogP contribution is 2.37. The summed E-state index contributed by atoms with van der Waals surface area (Å²) in [6.07, 6.45) is 6.93. The maximum atomic E-state index is 12.6. The van der Waals surface area contributed by atoms with E-state index in [1.165, 1.54) is 10.6 Å². The van der Waals surface area contributed by atoms with E-state index in [-0.39, 0.29) is 31.0 Å². The predicted octanol–water partition coefficient (Wildman–Crippen LogP) is 3.18. The molecule has 0 bridgehead atoms. The summed E-state index contributed by atoms with van der Waals surface area (Å²) in [4.78, 5) is 34.8. The van der Waals surface area contributed by atoms with E-state index in [4.69, 9.17) is 9.82 Å². The predicted molar refractivity (Wildman–Crippen MR) is 121 cm³/mol. The molecule has 1 aliphatic heterocycles. The van der Waals surface area contributed by atoms with Gasteiger partial charge in [0.15, 0.2) is 0 Å². The molecule has 0 radical (unpaired) electrons. The van der Waals surface area contributed by atoms with E-state index in [1.54, 1.807) is 0 Å². The molecule has 0 unspecified atom stereocenters. The molecular weight excluding hydrogens is 410 g/mol. The maximum absolute atomic E-state index is 12.6. The number of carbonyl (C=O) groups excluding carboxylic acids is 1. The molecule has 8 nitrogen and oxygen atoms in total. The maximum Gasteiger partial charge on any atom is 0.328 e. The molecule has 0 saturated heterocycles. The molecule has 1 aromatic heterocycles. The Kier molecular flexibility index (Phi) is 8.87. The molecule has 1 atom stereocenters. The Bertz CT molecular complexity index is 777. The average molecular weight is 448 g/mol. The van der Waals surface area contributed by atoms with Crippen molar-refractivity contribution < 1.29 is 24.6 Å². The second-order valence-electron chi connectivity index (χ2n) is 9.02. The number of anilines is 1. The Morgan fingerprint density at radius 3 is 2.69 bits per heavy atom. The molecule has 1 aliphatic carbocycles. The van der Waals surface area contributed by atoms with Crippen molar-refractivity contribution in [2.75, 3.05) is 18.5 Å². The van der Waals surface area contributed by atoms with Gasteiger partial charge in [-0.3, -0.25) is 9.59 Å². The SMILES string of the molecule is CCC(CC)C(=O)ON(C1CC(CCc2ccc3c(n2)NCCC3)C1)[C@@H](CCO)C(=O)O. The van der Waals surface area contributed by atoms with Crippen molar-refractivity contribution in [3.05, 3.63) is 23.4 Å². The fraction of sp³-hybridized carbons (Fsp3) is 0.708. The summed E-state index contributed by atoms with van der Waals surface area (Å²) in [6.45, 7) is 4.54. The first kappa shape index (κ1) is 24.5. The summed E-state index contributed by atoms with van der Waals surface area (Å²) in [7, 11) is 0. The number of hydrogen-bond acceptors (Lipinski definition) is 7. The van der Waals surface area contributed by atoms with Crippen molar-refractivity contribution in [3.8, 4) is 0 Å². The van der Waals surface area contributed by atoms with Crippen LogP contribution in [0.25, 0.3) is 0 Å². The molecule has 32 heavy (non-hydrogen) atoms. The van der Waals surface area contributed by atoms with Gasteiger partial charge in [-0.2, -0.15) is 0 Å². The van der Waals surface area contributed by atoms with Gasteiger partial charge in [-0.1, -0.05) is 19.9 Å². The standard InChI is InChI=1S/C24H37N3O5/c1-3-17(4-2)24(31)32-27(21(11-13-28)23(29)30)20-14-16(15-20)7-9-19-10-8-18-6-5-12-25-22(18)26-19/h8,10,16-17,20-21,28H,3-7,9,11-15H2,1-2H3,(H,25,26)(H,29,30)/t16?,20?,21-/m0/s1. The molecule has 2 heterocycles. The van der Waals surface area contributed by atoms with Gasteiger partial charge in [0.1, 0.15) is 11.9 Å². The summed E-state index contributed by atoms with van der Waals surface area (Å²) in [5.74, 6) is -0.267. The van der Waals surface area contributed by atoms with E-state index in [2.05, 4.69) is 17.4 Å². The highest BCUT2D eigenvalue weighted by atomic mass is 16.7. The van der Waals surface area contributed by atoms with Gasteiger partial charge in [-0.15, -0.1) is 5.06 Å². The molecule has 1 saturated carbocycles. The number of carboxylic acids is 1. The van der Waals surface area contributed by atoms with Crippen LogP contribution in [0, 0.1) is 11.8 Å². The van der Waals surface area contributed by atoms with Crippen molar-refractivity contribution in [1.82, 2.24) is 10.0 Å².